The van der Waals surface area contributed by atoms with Gasteiger partial charge in [0.1, 0.15) is 6.17 Å². The lowest BCUT2D eigenvalue weighted by molar-refractivity contribution is 0.618. The summed E-state index contributed by atoms with van der Waals surface area (Å²) < 4.78 is 0. The number of anilines is 2. The maximum atomic E-state index is 2.61. The highest BCUT2D eigenvalue weighted by molar-refractivity contribution is 5.64. The van der Waals surface area contributed by atoms with Crippen molar-refractivity contribution in [2.45, 2.75) is 18.2 Å². The van der Waals surface area contributed by atoms with Gasteiger partial charge in [-0.05, 0) is 41.0 Å². The second-order valence-corrected chi connectivity index (χ2v) is 8.98. The second-order valence-electron chi connectivity index (χ2n) is 8.98. The highest BCUT2D eigenvalue weighted by atomic mass is 15.5. The van der Waals surface area contributed by atoms with Crippen molar-refractivity contribution in [2.24, 2.45) is 0 Å². The summed E-state index contributed by atoms with van der Waals surface area (Å²) in [5.74, 6) is 0. The van der Waals surface area contributed by atoms with Crippen LogP contribution < -0.4 is 9.80 Å². The average molecular weight is 453 g/mol. The van der Waals surface area contributed by atoms with E-state index in [0.717, 1.165) is 0 Å². The maximum absolute atomic E-state index is 2.61. The molecule has 0 N–H and O–H groups in total. The predicted octanol–water partition coefficient (Wildman–Crippen LogP) is 8.19. The van der Waals surface area contributed by atoms with E-state index in [0.29, 0.717) is 0 Å². The van der Waals surface area contributed by atoms with Crippen molar-refractivity contribution in [3.05, 3.63) is 168 Å². The quantitative estimate of drug-likeness (QED) is 0.265. The molecular weight excluding hydrogens is 424 g/mol. The summed E-state index contributed by atoms with van der Waals surface area (Å²) in [5.41, 5.74) is 6.33. The molecule has 1 fully saturated rings. The molecule has 5 aromatic carbocycles. The third-order valence-corrected chi connectivity index (χ3v) is 6.91. The Morgan fingerprint density at radius 2 is 0.600 bits per heavy atom. The molecule has 1 aliphatic heterocycles. The molecule has 0 amide bonds. The van der Waals surface area contributed by atoms with Gasteiger partial charge in [-0.25, -0.2) is 0 Å². The SMILES string of the molecule is c1ccc(C2C(c3ccccc3)N(c3ccccc3)C(c3ccccc3)N2c2ccccc2)cc1. The molecule has 1 heterocycles. The van der Waals surface area contributed by atoms with Crippen LogP contribution in [0.1, 0.15) is 34.9 Å². The van der Waals surface area contributed by atoms with Crippen LogP contribution in [0.3, 0.4) is 0 Å². The first-order valence-corrected chi connectivity index (χ1v) is 12.2. The minimum Gasteiger partial charge on any atom is -0.338 e. The standard InChI is InChI=1S/C33H28N2/c1-6-16-26(17-7-1)31-32(27-18-8-2-9-19-27)35(30-24-14-5-15-25-30)33(28-20-10-3-11-21-28)34(31)29-22-12-4-13-23-29/h1-25,31-33H. The van der Waals surface area contributed by atoms with E-state index in [9.17, 15) is 0 Å². The van der Waals surface area contributed by atoms with E-state index >= 15 is 0 Å². The van der Waals surface area contributed by atoms with Gasteiger partial charge in [0.2, 0.25) is 0 Å². The van der Waals surface area contributed by atoms with E-state index in [4.69, 9.17) is 0 Å². The Morgan fingerprint density at radius 1 is 0.314 bits per heavy atom. The van der Waals surface area contributed by atoms with Crippen molar-refractivity contribution in [3.63, 3.8) is 0 Å². The van der Waals surface area contributed by atoms with E-state index in [1.165, 1.54) is 28.1 Å². The van der Waals surface area contributed by atoms with Crippen LogP contribution >= 0.6 is 0 Å². The Labute approximate surface area is 207 Å². The number of rotatable bonds is 5. The smallest absolute Gasteiger partial charge is 0.129 e. The van der Waals surface area contributed by atoms with Gasteiger partial charge in [-0.15, -0.1) is 0 Å². The molecule has 6 rings (SSSR count). The normalized spacial score (nSPS) is 19.6. The predicted molar refractivity (Wildman–Crippen MR) is 145 cm³/mol. The summed E-state index contributed by atoms with van der Waals surface area (Å²) in [6.07, 6.45) is 0.0245. The summed E-state index contributed by atoms with van der Waals surface area (Å²) in [4.78, 5) is 5.21. The zero-order valence-corrected chi connectivity index (χ0v) is 19.6. The van der Waals surface area contributed by atoms with Crippen molar-refractivity contribution in [1.82, 2.24) is 0 Å². The third-order valence-electron chi connectivity index (χ3n) is 6.91. The topological polar surface area (TPSA) is 6.48 Å². The largest absolute Gasteiger partial charge is 0.338 e. The summed E-state index contributed by atoms with van der Waals surface area (Å²) in [6, 6.07) is 54.8. The lowest BCUT2D eigenvalue weighted by Gasteiger charge is -2.35. The fraction of sp³-hybridized carbons (Fsp3) is 0.0909. The van der Waals surface area contributed by atoms with E-state index < -0.39 is 0 Å². The molecule has 2 heteroatoms. The molecule has 1 saturated heterocycles. The molecular formula is C33H28N2. The molecule has 35 heavy (non-hydrogen) atoms. The summed E-state index contributed by atoms with van der Waals surface area (Å²) in [7, 11) is 0. The summed E-state index contributed by atoms with van der Waals surface area (Å²) in [5, 5.41) is 0. The summed E-state index contributed by atoms with van der Waals surface area (Å²) in [6.45, 7) is 0. The molecule has 170 valence electrons. The van der Waals surface area contributed by atoms with Gasteiger partial charge in [0, 0.05) is 11.4 Å². The molecule has 0 radical (unpaired) electrons. The molecule has 2 unspecified atom stereocenters. The Bertz CT molecular complexity index is 1080. The number of benzene rings is 5. The van der Waals surface area contributed by atoms with Crippen LogP contribution in [0.4, 0.5) is 11.4 Å². The van der Waals surface area contributed by atoms with E-state index in [1.54, 1.807) is 0 Å². The van der Waals surface area contributed by atoms with Gasteiger partial charge in [-0.1, -0.05) is 127 Å². The molecule has 5 aromatic rings. The maximum Gasteiger partial charge on any atom is 0.129 e. The van der Waals surface area contributed by atoms with Gasteiger partial charge in [0.05, 0.1) is 12.1 Å². The van der Waals surface area contributed by atoms with E-state index in [2.05, 4.69) is 161 Å². The molecule has 0 bridgehead atoms. The van der Waals surface area contributed by atoms with Crippen molar-refractivity contribution >= 4 is 11.4 Å². The van der Waals surface area contributed by atoms with E-state index in [-0.39, 0.29) is 18.2 Å². The molecule has 1 aliphatic rings. The van der Waals surface area contributed by atoms with Crippen LogP contribution in [0.2, 0.25) is 0 Å². The van der Waals surface area contributed by atoms with Crippen molar-refractivity contribution in [1.29, 1.82) is 0 Å². The first kappa shape index (κ1) is 21.2. The van der Waals surface area contributed by atoms with Crippen LogP contribution in [-0.4, -0.2) is 0 Å². The third kappa shape index (κ3) is 3.98. The number of hydrogen-bond donors (Lipinski definition) is 0. The molecule has 2 nitrogen and oxygen atoms in total. The van der Waals surface area contributed by atoms with Crippen LogP contribution in [0.15, 0.2) is 152 Å². The zero-order valence-electron chi connectivity index (χ0n) is 19.6. The Balaban J connectivity index is 1.66. The molecule has 2 atom stereocenters. The summed E-state index contributed by atoms with van der Waals surface area (Å²) >= 11 is 0. The van der Waals surface area contributed by atoms with Crippen molar-refractivity contribution in [3.8, 4) is 0 Å². The van der Waals surface area contributed by atoms with Crippen LogP contribution in [0.25, 0.3) is 0 Å². The molecule has 0 saturated carbocycles. The first-order valence-electron chi connectivity index (χ1n) is 12.2. The monoisotopic (exact) mass is 452 g/mol. The second kappa shape index (κ2) is 9.52. The Morgan fingerprint density at radius 3 is 0.943 bits per heavy atom. The number of hydrogen-bond acceptors (Lipinski definition) is 2. The lowest BCUT2D eigenvalue weighted by Crippen LogP contribution is -2.31. The highest BCUT2D eigenvalue weighted by Crippen LogP contribution is 2.55. The van der Waals surface area contributed by atoms with E-state index in [1.807, 2.05) is 0 Å². The molecule has 0 aliphatic carbocycles. The van der Waals surface area contributed by atoms with Crippen LogP contribution in [-0.2, 0) is 0 Å². The number of para-hydroxylation sites is 2. The zero-order chi connectivity index (χ0) is 23.5. The van der Waals surface area contributed by atoms with Gasteiger partial charge in [0.15, 0.2) is 0 Å². The minimum atomic E-state index is 0.0245. The number of nitrogens with zero attached hydrogens (tertiary/aromatic N) is 2. The van der Waals surface area contributed by atoms with Crippen LogP contribution in [0.5, 0.6) is 0 Å². The Hall–Kier alpha value is -4.30. The van der Waals surface area contributed by atoms with Gasteiger partial charge in [0.25, 0.3) is 0 Å². The van der Waals surface area contributed by atoms with Crippen molar-refractivity contribution < 1.29 is 0 Å². The van der Waals surface area contributed by atoms with Gasteiger partial charge < -0.3 is 9.80 Å². The fourth-order valence-corrected chi connectivity index (χ4v) is 5.48. The lowest BCUT2D eigenvalue weighted by atomic mass is 9.92. The van der Waals surface area contributed by atoms with Gasteiger partial charge >= 0.3 is 0 Å². The molecule has 0 aromatic heterocycles. The minimum absolute atomic E-state index is 0.0245. The molecule has 0 spiro atoms. The van der Waals surface area contributed by atoms with Crippen LogP contribution in [0, 0.1) is 0 Å². The van der Waals surface area contributed by atoms with Gasteiger partial charge in [-0.2, -0.15) is 0 Å². The Kier molecular flexibility index (Phi) is 5.78. The fourth-order valence-electron chi connectivity index (χ4n) is 5.48. The van der Waals surface area contributed by atoms with Crippen molar-refractivity contribution in [2.75, 3.05) is 9.80 Å². The highest BCUT2D eigenvalue weighted by Gasteiger charge is 2.49. The first-order chi connectivity index (χ1) is 17.4. The van der Waals surface area contributed by atoms with Gasteiger partial charge in [-0.3, -0.25) is 0 Å². The average Bonchev–Trinajstić information content (AvgIpc) is 3.32.